The molecule has 33 heavy (non-hydrogen) atoms. The van der Waals surface area contributed by atoms with Crippen molar-refractivity contribution in [3.8, 4) is 11.8 Å². The van der Waals surface area contributed by atoms with Crippen molar-refractivity contribution in [3.63, 3.8) is 0 Å². The van der Waals surface area contributed by atoms with Gasteiger partial charge in [-0.3, -0.25) is 5.32 Å². The van der Waals surface area contributed by atoms with Crippen LogP contribution in [0.3, 0.4) is 0 Å². The van der Waals surface area contributed by atoms with Gasteiger partial charge in [-0.1, -0.05) is 25.4 Å². The number of carbonyl (C=O) groups is 1. The fourth-order valence-electron chi connectivity index (χ4n) is 3.43. The summed E-state index contributed by atoms with van der Waals surface area (Å²) in [6.45, 7) is 11.0. The van der Waals surface area contributed by atoms with Crippen molar-refractivity contribution in [3.05, 3.63) is 51.8 Å². The predicted molar refractivity (Wildman–Crippen MR) is 130 cm³/mol. The second-order valence-corrected chi connectivity index (χ2v) is 8.80. The quantitative estimate of drug-likeness (QED) is 0.376. The van der Waals surface area contributed by atoms with Crippen LogP contribution in [0.1, 0.15) is 82.9 Å². The molecular weight excluding hydrogens is 440 g/mol. The minimum atomic E-state index is -0.624. The first kappa shape index (κ1) is 26.1. The maximum absolute atomic E-state index is 12.1. The normalized spacial score (nSPS) is 14.7. The molecule has 0 bridgehead atoms. The maximum atomic E-state index is 12.1. The molecule has 0 fully saturated rings. The monoisotopic (exact) mass is 470 g/mol. The third kappa shape index (κ3) is 6.93. The Labute approximate surface area is 200 Å². The summed E-state index contributed by atoms with van der Waals surface area (Å²) in [5.41, 5.74) is 2.72. The summed E-state index contributed by atoms with van der Waals surface area (Å²) in [6, 6.07) is 8.98. The fourth-order valence-corrected chi connectivity index (χ4v) is 3.61. The number of pyridine rings is 1. The van der Waals surface area contributed by atoms with Crippen molar-refractivity contribution in [2.24, 2.45) is 0 Å². The number of carbonyl (C=O) groups excluding carboxylic acids is 1. The standard InChI is InChI=1S/C23H25ClN4O3.C2H6/c1-13(26)17-11-16(8-9-18(17)27-22(29)31-23(2,3)4)30-19-7-5-6-14-10-15(12-25)21(24)28-20(14)19;1-2/h8-11,19,26H,5-7H2,1-4H3,(H,27,29);1-2H3. The number of fused-ring (bicyclic) bond motifs is 1. The molecule has 8 heteroatoms. The number of nitrogens with one attached hydrogen (secondary N) is 2. The van der Waals surface area contributed by atoms with E-state index in [0.29, 0.717) is 22.6 Å². The van der Waals surface area contributed by atoms with E-state index in [2.05, 4.69) is 16.4 Å². The zero-order chi connectivity index (χ0) is 24.8. The van der Waals surface area contributed by atoms with Crippen molar-refractivity contribution in [2.75, 3.05) is 5.32 Å². The lowest BCUT2D eigenvalue weighted by Gasteiger charge is -2.26. The van der Waals surface area contributed by atoms with Crippen LogP contribution in [0.2, 0.25) is 5.15 Å². The lowest BCUT2D eigenvalue weighted by atomic mass is 9.92. The van der Waals surface area contributed by atoms with Gasteiger partial charge in [-0.15, -0.1) is 0 Å². The molecule has 1 aromatic carbocycles. The zero-order valence-electron chi connectivity index (χ0n) is 20.0. The highest BCUT2D eigenvalue weighted by molar-refractivity contribution is 6.30. The van der Waals surface area contributed by atoms with Gasteiger partial charge in [0.2, 0.25) is 0 Å². The van der Waals surface area contributed by atoms with Crippen molar-refractivity contribution in [2.45, 2.75) is 72.5 Å². The van der Waals surface area contributed by atoms with E-state index < -0.39 is 11.7 Å². The van der Waals surface area contributed by atoms with Crippen LogP contribution >= 0.6 is 11.6 Å². The number of rotatable bonds is 4. The maximum Gasteiger partial charge on any atom is 0.412 e. The van der Waals surface area contributed by atoms with Crippen LogP contribution in [0.4, 0.5) is 10.5 Å². The van der Waals surface area contributed by atoms with Gasteiger partial charge in [0, 0.05) is 11.3 Å². The van der Waals surface area contributed by atoms with Gasteiger partial charge in [-0.25, -0.2) is 9.78 Å². The molecular formula is C25H31ClN4O3. The number of benzene rings is 1. The van der Waals surface area contributed by atoms with E-state index in [4.69, 9.17) is 26.5 Å². The Morgan fingerprint density at radius 3 is 2.61 bits per heavy atom. The van der Waals surface area contributed by atoms with E-state index in [1.165, 1.54) is 0 Å². The molecule has 2 aromatic rings. The van der Waals surface area contributed by atoms with E-state index >= 15 is 0 Å². The SMILES string of the molecule is CC.CC(=N)c1cc(OC2CCCc3cc(C#N)c(Cl)nc32)ccc1NC(=O)OC(C)(C)C. The number of hydrogen-bond acceptors (Lipinski definition) is 6. The number of nitriles is 1. The predicted octanol–water partition coefficient (Wildman–Crippen LogP) is 6.82. The minimum Gasteiger partial charge on any atom is -0.484 e. The molecule has 1 aliphatic carbocycles. The molecule has 0 saturated heterocycles. The van der Waals surface area contributed by atoms with Gasteiger partial charge in [-0.05, 0) is 76.8 Å². The topological polar surface area (TPSA) is 108 Å². The number of aromatic nitrogens is 1. The molecule has 176 valence electrons. The molecule has 1 atom stereocenters. The van der Waals surface area contributed by atoms with Gasteiger partial charge in [-0.2, -0.15) is 5.26 Å². The minimum absolute atomic E-state index is 0.171. The second-order valence-electron chi connectivity index (χ2n) is 8.44. The summed E-state index contributed by atoms with van der Waals surface area (Å²) in [6.07, 6.45) is 1.59. The average molecular weight is 471 g/mol. The molecule has 2 N–H and O–H groups in total. The van der Waals surface area contributed by atoms with Crippen LogP contribution in [0, 0.1) is 16.7 Å². The first-order valence-corrected chi connectivity index (χ1v) is 11.4. The van der Waals surface area contributed by atoms with E-state index in [1.807, 2.05) is 13.8 Å². The Bertz CT molecular complexity index is 1070. The van der Waals surface area contributed by atoms with E-state index in [-0.39, 0.29) is 17.0 Å². The lowest BCUT2D eigenvalue weighted by molar-refractivity contribution is 0.0636. The molecule has 0 aliphatic heterocycles. The second kappa shape index (κ2) is 11.2. The average Bonchev–Trinajstić information content (AvgIpc) is 2.74. The fraction of sp³-hybridized carbons (Fsp3) is 0.440. The highest BCUT2D eigenvalue weighted by Gasteiger charge is 2.26. The molecule has 0 saturated carbocycles. The number of amides is 1. The van der Waals surface area contributed by atoms with E-state index in [1.54, 1.807) is 52.0 Å². The third-order valence-electron chi connectivity index (χ3n) is 4.74. The molecule has 0 radical (unpaired) electrons. The van der Waals surface area contributed by atoms with Gasteiger partial charge in [0.1, 0.15) is 28.7 Å². The van der Waals surface area contributed by atoms with Crippen molar-refractivity contribution in [1.29, 1.82) is 10.7 Å². The third-order valence-corrected chi connectivity index (χ3v) is 5.02. The van der Waals surface area contributed by atoms with Crippen LogP contribution < -0.4 is 10.1 Å². The molecule has 1 heterocycles. The van der Waals surface area contributed by atoms with E-state index in [0.717, 1.165) is 30.5 Å². The summed E-state index contributed by atoms with van der Waals surface area (Å²) in [5, 5.41) is 20.2. The van der Waals surface area contributed by atoms with Crippen molar-refractivity contribution in [1.82, 2.24) is 4.98 Å². The Morgan fingerprint density at radius 1 is 1.30 bits per heavy atom. The first-order chi connectivity index (χ1) is 15.6. The summed E-state index contributed by atoms with van der Waals surface area (Å²) < 4.78 is 11.5. The zero-order valence-corrected chi connectivity index (χ0v) is 20.8. The van der Waals surface area contributed by atoms with Crippen LogP contribution in [0.5, 0.6) is 5.75 Å². The van der Waals surface area contributed by atoms with Gasteiger partial charge in [0.25, 0.3) is 0 Å². The summed E-state index contributed by atoms with van der Waals surface area (Å²) >= 11 is 6.14. The number of halogens is 1. The highest BCUT2D eigenvalue weighted by atomic mass is 35.5. The first-order valence-electron chi connectivity index (χ1n) is 11.0. The van der Waals surface area contributed by atoms with Gasteiger partial charge in [0.15, 0.2) is 0 Å². The Morgan fingerprint density at radius 2 is 2.00 bits per heavy atom. The number of ether oxygens (including phenoxy) is 2. The molecule has 1 aliphatic rings. The molecule has 1 amide bonds. The lowest BCUT2D eigenvalue weighted by Crippen LogP contribution is -2.27. The molecule has 7 nitrogen and oxygen atoms in total. The van der Waals surface area contributed by atoms with Crippen LogP contribution in [0.15, 0.2) is 24.3 Å². The van der Waals surface area contributed by atoms with Crippen LogP contribution in [-0.2, 0) is 11.2 Å². The summed E-state index contributed by atoms with van der Waals surface area (Å²) in [5.74, 6) is 0.552. The van der Waals surface area contributed by atoms with Crippen molar-refractivity contribution >= 4 is 29.1 Å². The number of hydrogen-bond donors (Lipinski definition) is 2. The Hall–Kier alpha value is -3.11. The summed E-state index contributed by atoms with van der Waals surface area (Å²) in [4.78, 5) is 16.6. The molecule has 1 unspecified atom stereocenters. The van der Waals surface area contributed by atoms with Crippen molar-refractivity contribution < 1.29 is 14.3 Å². The van der Waals surface area contributed by atoms with E-state index in [9.17, 15) is 10.1 Å². The highest BCUT2D eigenvalue weighted by Crippen LogP contribution is 2.35. The number of nitrogens with zero attached hydrogens (tertiary/aromatic N) is 2. The number of aryl methyl sites for hydroxylation is 1. The van der Waals surface area contributed by atoms with Gasteiger partial charge in [0.05, 0.1) is 16.9 Å². The smallest absolute Gasteiger partial charge is 0.412 e. The van der Waals surface area contributed by atoms with Gasteiger partial charge >= 0.3 is 6.09 Å². The molecule has 0 spiro atoms. The Kier molecular flexibility index (Phi) is 8.84. The van der Waals surface area contributed by atoms with Crippen LogP contribution in [-0.4, -0.2) is 22.4 Å². The molecule has 3 rings (SSSR count). The largest absolute Gasteiger partial charge is 0.484 e. The Balaban J connectivity index is 0.00000187. The number of anilines is 1. The van der Waals surface area contributed by atoms with Crippen LogP contribution in [0.25, 0.3) is 0 Å². The molecule has 1 aromatic heterocycles. The summed E-state index contributed by atoms with van der Waals surface area (Å²) in [7, 11) is 0. The van der Waals surface area contributed by atoms with Gasteiger partial charge < -0.3 is 14.9 Å².